The second-order valence-corrected chi connectivity index (χ2v) is 5.65. The maximum Gasteiger partial charge on any atom is 0.319 e. The molecule has 0 bridgehead atoms. The lowest BCUT2D eigenvalue weighted by Gasteiger charge is -2.08. The lowest BCUT2D eigenvalue weighted by molar-refractivity contribution is 0.251. The highest BCUT2D eigenvalue weighted by atomic mass is 16.5. The summed E-state index contributed by atoms with van der Waals surface area (Å²) in [5, 5.41) is 5.56. The zero-order valence-electron chi connectivity index (χ0n) is 14.8. The van der Waals surface area contributed by atoms with Crippen molar-refractivity contribution in [3.63, 3.8) is 0 Å². The number of aryl methyl sites for hydroxylation is 1. The first-order valence-corrected chi connectivity index (χ1v) is 8.45. The lowest BCUT2D eigenvalue weighted by Crippen LogP contribution is -2.28. The third-order valence-corrected chi connectivity index (χ3v) is 3.75. The van der Waals surface area contributed by atoms with Gasteiger partial charge in [0.1, 0.15) is 17.2 Å². The molecule has 2 N–H and O–H groups in total. The van der Waals surface area contributed by atoms with E-state index in [1.54, 1.807) is 12.1 Å². The van der Waals surface area contributed by atoms with Crippen LogP contribution in [0.25, 0.3) is 11.5 Å². The first-order chi connectivity index (χ1) is 12.7. The van der Waals surface area contributed by atoms with Crippen LogP contribution in [0.3, 0.4) is 0 Å². The van der Waals surface area contributed by atoms with Crippen molar-refractivity contribution in [3.05, 3.63) is 66.1 Å². The van der Waals surface area contributed by atoms with E-state index in [0.29, 0.717) is 29.6 Å². The Hall–Kier alpha value is -3.28. The van der Waals surface area contributed by atoms with E-state index in [2.05, 4.69) is 15.6 Å². The van der Waals surface area contributed by atoms with Gasteiger partial charge in [-0.15, -0.1) is 0 Å². The van der Waals surface area contributed by atoms with E-state index in [9.17, 15) is 4.79 Å². The maximum absolute atomic E-state index is 12.1. The average molecular weight is 351 g/mol. The SMILES string of the molecule is CCOc1ccc(NC(=O)NCc2nc(-c3ccccc3)oc2C)cc1. The first-order valence-electron chi connectivity index (χ1n) is 8.45. The van der Waals surface area contributed by atoms with Crippen LogP contribution in [-0.4, -0.2) is 17.6 Å². The number of rotatable bonds is 6. The van der Waals surface area contributed by atoms with Gasteiger partial charge >= 0.3 is 6.03 Å². The fraction of sp³-hybridized carbons (Fsp3) is 0.200. The molecule has 6 heteroatoms. The van der Waals surface area contributed by atoms with Crippen molar-refractivity contribution in [1.29, 1.82) is 0 Å². The highest BCUT2D eigenvalue weighted by molar-refractivity contribution is 5.89. The van der Waals surface area contributed by atoms with Crippen molar-refractivity contribution in [2.75, 3.05) is 11.9 Å². The van der Waals surface area contributed by atoms with Crippen molar-refractivity contribution in [1.82, 2.24) is 10.3 Å². The van der Waals surface area contributed by atoms with Crippen LogP contribution in [0.5, 0.6) is 5.75 Å². The number of urea groups is 1. The Bertz CT molecular complexity index is 858. The molecule has 2 amide bonds. The standard InChI is InChI=1S/C20H21N3O3/c1-3-25-17-11-9-16(10-12-17)22-20(24)21-13-18-14(2)26-19(23-18)15-7-5-4-6-8-15/h4-12H,3,13H2,1-2H3,(H2,21,22,24). The zero-order valence-corrected chi connectivity index (χ0v) is 14.8. The van der Waals surface area contributed by atoms with E-state index in [1.807, 2.05) is 56.3 Å². The number of nitrogens with zero attached hydrogens (tertiary/aromatic N) is 1. The molecule has 0 spiro atoms. The molecule has 0 saturated carbocycles. The number of amides is 2. The Morgan fingerprint density at radius 2 is 1.85 bits per heavy atom. The van der Waals surface area contributed by atoms with Gasteiger partial charge in [-0.2, -0.15) is 0 Å². The van der Waals surface area contributed by atoms with Gasteiger partial charge in [0.05, 0.1) is 13.2 Å². The molecule has 0 aliphatic carbocycles. The molecule has 3 aromatic rings. The smallest absolute Gasteiger partial charge is 0.319 e. The molecule has 1 heterocycles. The molecule has 3 rings (SSSR count). The molecule has 0 saturated heterocycles. The molecule has 0 atom stereocenters. The van der Waals surface area contributed by atoms with Gasteiger partial charge in [-0.05, 0) is 50.2 Å². The Morgan fingerprint density at radius 1 is 1.12 bits per heavy atom. The van der Waals surface area contributed by atoms with Crippen LogP contribution in [0.15, 0.2) is 59.0 Å². The topological polar surface area (TPSA) is 76.4 Å². The van der Waals surface area contributed by atoms with Gasteiger partial charge in [0.25, 0.3) is 0 Å². The Labute approximate surface area is 152 Å². The molecule has 0 aliphatic heterocycles. The van der Waals surface area contributed by atoms with E-state index in [1.165, 1.54) is 0 Å². The normalized spacial score (nSPS) is 10.4. The highest BCUT2D eigenvalue weighted by Gasteiger charge is 2.12. The molecule has 0 unspecified atom stereocenters. The van der Waals surface area contributed by atoms with Gasteiger partial charge in [0.15, 0.2) is 0 Å². The molecule has 0 fully saturated rings. The number of carbonyl (C=O) groups is 1. The van der Waals surface area contributed by atoms with Gasteiger partial charge in [0.2, 0.25) is 5.89 Å². The minimum absolute atomic E-state index is 0.283. The van der Waals surface area contributed by atoms with Crippen molar-refractivity contribution >= 4 is 11.7 Å². The van der Waals surface area contributed by atoms with Crippen molar-refractivity contribution in [2.45, 2.75) is 20.4 Å². The predicted octanol–water partition coefficient (Wildman–Crippen LogP) is 4.37. The summed E-state index contributed by atoms with van der Waals surface area (Å²) in [5.74, 6) is 2.00. The van der Waals surface area contributed by atoms with Crippen LogP contribution in [0.2, 0.25) is 0 Å². The monoisotopic (exact) mass is 351 g/mol. The number of hydrogen-bond donors (Lipinski definition) is 2. The molecule has 6 nitrogen and oxygen atoms in total. The minimum Gasteiger partial charge on any atom is -0.494 e. The fourth-order valence-electron chi connectivity index (χ4n) is 2.44. The van der Waals surface area contributed by atoms with Gasteiger partial charge in [-0.1, -0.05) is 18.2 Å². The summed E-state index contributed by atoms with van der Waals surface area (Å²) in [4.78, 5) is 16.5. The van der Waals surface area contributed by atoms with Crippen LogP contribution in [0, 0.1) is 6.92 Å². The number of ether oxygens (including phenoxy) is 1. The lowest BCUT2D eigenvalue weighted by atomic mass is 10.2. The third-order valence-electron chi connectivity index (χ3n) is 3.75. The molecule has 0 radical (unpaired) electrons. The summed E-state index contributed by atoms with van der Waals surface area (Å²) in [6.45, 7) is 4.65. The number of hydrogen-bond acceptors (Lipinski definition) is 4. The van der Waals surface area contributed by atoms with E-state index in [4.69, 9.17) is 9.15 Å². The van der Waals surface area contributed by atoms with E-state index in [0.717, 1.165) is 11.3 Å². The second kappa shape index (κ2) is 8.20. The number of aromatic nitrogens is 1. The summed E-state index contributed by atoms with van der Waals surface area (Å²) >= 11 is 0. The molecule has 1 aromatic heterocycles. The zero-order chi connectivity index (χ0) is 18.4. The van der Waals surface area contributed by atoms with Gasteiger partial charge in [0, 0.05) is 11.3 Å². The Morgan fingerprint density at radius 3 is 2.54 bits per heavy atom. The van der Waals surface area contributed by atoms with Gasteiger partial charge in [-0.25, -0.2) is 9.78 Å². The predicted molar refractivity (Wildman–Crippen MR) is 100 cm³/mol. The Balaban J connectivity index is 1.57. The van der Waals surface area contributed by atoms with Crippen molar-refractivity contribution < 1.29 is 13.9 Å². The molecule has 0 aliphatic rings. The summed E-state index contributed by atoms with van der Waals surface area (Å²) in [7, 11) is 0. The third kappa shape index (κ3) is 4.42. The Kier molecular flexibility index (Phi) is 5.53. The molecule has 26 heavy (non-hydrogen) atoms. The summed E-state index contributed by atoms with van der Waals surface area (Å²) in [5.41, 5.74) is 2.29. The quantitative estimate of drug-likeness (QED) is 0.691. The molecule has 134 valence electrons. The van der Waals surface area contributed by atoms with Crippen LogP contribution in [0.1, 0.15) is 18.4 Å². The van der Waals surface area contributed by atoms with Crippen LogP contribution >= 0.6 is 0 Å². The van der Waals surface area contributed by atoms with Crippen molar-refractivity contribution in [2.24, 2.45) is 0 Å². The average Bonchev–Trinajstić information content (AvgIpc) is 3.03. The maximum atomic E-state index is 12.1. The van der Waals surface area contributed by atoms with Crippen LogP contribution in [0.4, 0.5) is 10.5 Å². The minimum atomic E-state index is -0.308. The number of carbonyl (C=O) groups excluding carboxylic acids is 1. The summed E-state index contributed by atoms with van der Waals surface area (Å²) in [6.07, 6.45) is 0. The largest absolute Gasteiger partial charge is 0.494 e. The fourth-order valence-corrected chi connectivity index (χ4v) is 2.44. The van der Waals surface area contributed by atoms with Gasteiger partial charge in [-0.3, -0.25) is 0 Å². The number of oxazole rings is 1. The van der Waals surface area contributed by atoms with E-state index >= 15 is 0 Å². The van der Waals surface area contributed by atoms with Crippen LogP contribution in [-0.2, 0) is 6.54 Å². The highest BCUT2D eigenvalue weighted by Crippen LogP contribution is 2.21. The number of anilines is 1. The van der Waals surface area contributed by atoms with Crippen molar-refractivity contribution in [3.8, 4) is 17.2 Å². The molecule has 2 aromatic carbocycles. The number of nitrogens with one attached hydrogen (secondary N) is 2. The molecular formula is C20H21N3O3. The van der Waals surface area contributed by atoms with E-state index in [-0.39, 0.29) is 12.6 Å². The first kappa shape index (κ1) is 17.5. The van der Waals surface area contributed by atoms with E-state index < -0.39 is 0 Å². The number of benzene rings is 2. The summed E-state index contributed by atoms with van der Waals surface area (Å²) in [6, 6.07) is 16.6. The van der Waals surface area contributed by atoms with Crippen LogP contribution < -0.4 is 15.4 Å². The second-order valence-electron chi connectivity index (χ2n) is 5.65. The summed E-state index contributed by atoms with van der Waals surface area (Å²) < 4.78 is 11.1. The molecular weight excluding hydrogens is 330 g/mol. The van der Waals surface area contributed by atoms with Gasteiger partial charge < -0.3 is 19.8 Å².